The van der Waals surface area contributed by atoms with Crippen LogP contribution < -0.4 is 9.62 Å². The molecular formula is C16H23Cl2N3O4S. The SMILES string of the molecule is CS(=O)(=O)N(CC(=O)NCCCN1CCOCC1)c1ccc(Cl)c(Cl)c1. The van der Waals surface area contributed by atoms with Gasteiger partial charge in [-0.2, -0.15) is 0 Å². The summed E-state index contributed by atoms with van der Waals surface area (Å²) < 4.78 is 30.4. The lowest BCUT2D eigenvalue weighted by molar-refractivity contribution is -0.119. The highest BCUT2D eigenvalue weighted by Crippen LogP contribution is 2.28. The molecule has 1 heterocycles. The minimum Gasteiger partial charge on any atom is -0.379 e. The third-order valence-corrected chi connectivity index (χ3v) is 5.84. The van der Waals surface area contributed by atoms with Gasteiger partial charge in [0, 0.05) is 19.6 Å². The van der Waals surface area contributed by atoms with Crippen LogP contribution in [0.1, 0.15) is 6.42 Å². The maximum atomic E-state index is 12.2. The number of rotatable bonds is 8. The van der Waals surface area contributed by atoms with Gasteiger partial charge in [-0.05, 0) is 31.2 Å². The number of nitrogens with one attached hydrogen (secondary N) is 1. The predicted molar refractivity (Wildman–Crippen MR) is 104 cm³/mol. The Labute approximate surface area is 164 Å². The Morgan fingerprint density at radius 1 is 1.27 bits per heavy atom. The van der Waals surface area contributed by atoms with Crippen molar-refractivity contribution in [2.75, 3.05) is 56.5 Å². The Morgan fingerprint density at radius 3 is 2.58 bits per heavy atom. The van der Waals surface area contributed by atoms with Crippen molar-refractivity contribution < 1.29 is 17.9 Å². The van der Waals surface area contributed by atoms with E-state index in [1.54, 1.807) is 0 Å². The topological polar surface area (TPSA) is 79.0 Å². The van der Waals surface area contributed by atoms with Gasteiger partial charge < -0.3 is 10.1 Å². The summed E-state index contributed by atoms with van der Waals surface area (Å²) in [6.45, 7) is 4.30. The largest absolute Gasteiger partial charge is 0.379 e. The fraction of sp³-hybridized carbons (Fsp3) is 0.562. The molecular weight excluding hydrogens is 401 g/mol. The van der Waals surface area contributed by atoms with Crippen molar-refractivity contribution in [1.82, 2.24) is 10.2 Å². The summed E-state index contributed by atoms with van der Waals surface area (Å²) in [5.74, 6) is -0.372. The molecule has 1 aromatic rings. The fourth-order valence-electron chi connectivity index (χ4n) is 2.58. The van der Waals surface area contributed by atoms with E-state index in [4.69, 9.17) is 27.9 Å². The second kappa shape index (κ2) is 9.75. The van der Waals surface area contributed by atoms with Crippen LogP contribution in [0.15, 0.2) is 18.2 Å². The van der Waals surface area contributed by atoms with Crippen molar-refractivity contribution in [2.24, 2.45) is 0 Å². The van der Waals surface area contributed by atoms with Gasteiger partial charge in [0.2, 0.25) is 15.9 Å². The highest BCUT2D eigenvalue weighted by Gasteiger charge is 2.21. The van der Waals surface area contributed by atoms with Gasteiger partial charge >= 0.3 is 0 Å². The van der Waals surface area contributed by atoms with E-state index in [9.17, 15) is 13.2 Å². The van der Waals surface area contributed by atoms with Crippen LogP contribution in [0.25, 0.3) is 0 Å². The highest BCUT2D eigenvalue weighted by molar-refractivity contribution is 7.92. The molecule has 0 aliphatic carbocycles. The van der Waals surface area contributed by atoms with Crippen molar-refractivity contribution in [1.29, 1.82) is 0 Å². The van der Waals surface area contributed by atoms with Crippen LogP contribution in [0, 0.1) is 0 Å². The number of ether oxygens (including phenoxy) is 1. The first-order valence-electron chi connectivity index (χ1n) is 8.27. The first-order valence-corrected chi connectivity index (χ1v) is 10.9. The van der Waals surface area contributed by atoms with Crippen molar-refractivity contribution in [3.05, 3.63) is 28.2 Å². The van der Waals surface area contributed by atoms with Gasteiger partial charge in [-0.25, -0.2) is 8.42 Å². The van der Waals surface area contributed by atoms with Crippen LogP contribution in [-0.4, -0.2) is 71.4 Å². The van der Waals surface area contributed by atoms with E-state index in [1.165, 1.54) is 18.2 Å². The summed E-state index contributed by atoms with van der Waals surface area (Å²) in [6.07, 6.45) is 1.83. The average Bonchev–Trinajstić information content (AvgIpc) is 2.59. The summed E-state index contributed by atoms with van der Waals surface area (Å²) in [4.78, 5) is 14.4. The van der Waals surface area contributed by atoms with Crippen LogP contribution in [0.4, 0.5) is 5.69 Å². The van der Waals surface area contributed by atoms with E-state index >= 15 is 0 Å². The zero-order valence-corrected chi connectivity index (χ0v) is 16.9. The van der Waals surface area contributed by atoms with Gasteiger partial charge in [-0.1, -0.05) is 23.2 Å². The van der Waals surface area contributed by atoms with E-state index in [2.05, 4.69) is 10.2 Å². The molecule has 1 N–H and O–H groups in total. The predicted octanol–water partition coefficient (Wildman–Crippen LogP) is 1.60. The lowest BCUT2D eigenvalue weighted by Crippen LogP contribution is -2.42. The maximum absolute atomic E-state index is 12.2. The van der Waals surface area contributed by atoms with Crippen LogP contribution in [-0.2, 0) is 19.6 Å². The molecule has 10 heteroatoms. The molecule has 1 aromatic carbocycles. The molecule has 2 rings (SSSR count). The lowest BCUT2D eigenvalue weighted by Gasteiger charge is -2.26. The summed E-state index contributed by atoms with van der Waals surface area (Å²) in [7, 11) is -3.64. The van der Waals surface area contributed by atoms with Crippen molar-refractivity contribution in [2.45, 2.75) is 6.42 Å². The summed E-state index contributed by atoms with van der Waals surface area (Å²) >= 11 is 11.8. The molecule has 0 saturated carbocycles. The number of hydrogen-bond acceptors (Lipinski definition) is 5. The van der Waals surface area contributed by atoms with Crippen LogP contribution in [0.5, 0.6) is 0 Å². The number of carbonyl (C=O) groups excluding carboxylic acids is 1. The molecule has 0 spiro atoms. The minimum absolute atomic E-state index is 0.226. The molecule has 1 aliphatic heterocycles. The number of nitrogens with zero attached hydrogens (tertiary/aromatic N) is 2. The number of sulfonamides is 1. The molecule has 0 aromatic heterocycles. The molecule has 0 radical (unpaired) electrons. The standard InChI is InChI=1S/C16H23Cl2N3O4S/c1-26(23,24)21(13-3-4-14(17)15(18)11-13)12-16(22)19-5-2-6-20-7-9-25-10-8-20/h3-4,11H,2,5-10,12H2,1H3,(H,19,22). The lowest BCUT2D eigenvalue weighted by atomic mass is 10.3. The summed E-state index contributed by atoms with van der Waals surface area (Å²) in [5, 5.41) is 3.30. The molecule has 0 bridgehead atoms. The number of benzene rings is 1. The molecule has 1 aliphatic rings. The molecule has 0 unspecified atom stereocenters. The van der Waals surface area contributed by atoms with Gasteiger partial charge in [0.15, 0.2) is 0 Å². The number of hydrogen-bond donors (Lipinski definition) is 1. The molecule has 26 heavy (non-hydrogen) atoms. The quantitative estimate of drug-likeness (QED) is 0.642. The van der Waals surface area contributed by atoms with E-state index in [0.717, 1.165) is 49.8 Å². The van der Waals surface area contributed by atoms with Crippen LogP contribution in [0.3, 0.4) is 0 Å². The zero-order chi connectivity index (χ0) is 19.2. The third-order valence-electron chi connectivity index (χ3n) is 3.96. The molecule has 1 fully saturated rings. The zero-order valence-electron chi connectivity index (χ0n) is 14.6. The van der Waals surface area contributed by atoms with E-state index in [0.29, 0.717) is 17.3 Å². The summed E-state index contributed by atoms with van der Waals surface area (Å²) in [5.41, 5.74) is 0.297. The molecule has 146 valence electrons. The number of anilines is 1. The summed E-state index contributed by atoms with van der Waals surface area (Å²) in [6, 6.07) is 4.44. The van der Waals surface area contributed by atoms with Gasteiger partial charge in [0.25, 0.3) is 0 Å². The molecule has 1 amide bonds. The minimum atomic E-state index is -3.64. The van der Waals surface area contributed by atoms with Crippen molar-refractivity contribution in [3.63, 3.8) is 0 Å². The van der Waals surface area contributed by atoms with Crippen molar-refractivity contribution in [3.8, 4) is 0 Å². The molecule has 0 atom stereocenters. The van der Waals surface area contributed by atoms with Gasteiger partial charge in [0.1, 0.15) is 6.54 Å². The van der Waals surface area contributed by atoms with E-state index in [1.807, 2.05) is 0 Å². The highest BCUT2D eigenvalue weighted by atomic mass is 35.5. The number of morpholine rings is 1. The Balaban J connectivity index is 1.87. The monoisotopic (exact) mass is 423 g/mol. The smallest absolute Gasteiger partial charge is 0.240 e. The number of carbonyl (C=O) groups is 1. The van der Waals surface area contributed by atoms with Gasteiger partial charge in [-0.15, -0.1) is 0 Å². The van der Waals surface area contributed by atoms with Gasteiger partial charge in [0.05, 0.1) is 35.2 Å². The second-order valence-electron chi connectivity index (χ2n) is 6.03. The average molecular weight is 424 g/mol. The first kappa shape index (κ1) is 21.2. The molecule has 1 saturated heterocycles. The second-order valence-corrected chi connectivity index (χ2v) is 8.75. The Morgan fingerprint density at radius 2 is 1.96 bits per heavy atom. The maximum Gasteiger partial charge on any atom is 0.240 e. The first-order chi connectivity index (χ1) is 12.3. The normalized spacial score (nSPS) is 15.7. The Hall–Kier alpha value is -1.06. The molecule has 7 nitrogen and oxygen atoms in total. The van der Waals surface area contributed by atoms with E-state index < -0.39 is 10.0 Å². The van der Waals surface area contributed by atoms with Crippen molar-refractivity contribution >= 4 is 44.8 Å². The fourth-order valence-corrected chi connectivity index (χ4v) is 3.72. The number of amides is 1. The Kier molecular flexibility index (Phi) is 7.97. The number of halogens is 2. The van der Waals surface area contributed by atoms with Crippen LogP contribution in [0.2, 0.25) is 10.0 Å². The van der Waals surface area contributed by atoms with Crippen LogP contribution >= 0.6 is 23.2 Å². The third kappa shape index (κ3) is 6.59. The van der Waals surface area contributed by atoms with Gasteiger partial charge in [-0.3, -0.25) is 14.0 Å². The Bertz CT molecular complexity index is 724. The van der Waals surface area contributed by atoms with E-state index in [-0.39, 0.29) is 17.5 Å².